The first kappa shape index (κ1) is 20.7. The first-order valence-corrected chi connectivity index (χ1v) is 9.61. The fourth-order valence-corrected chi connectivity index (χ4v) is 3.03. The molecule has 4 aromatic rings. The van der Waals surface area contributed by atoms with Crippen molar-refractivity contribution in [3.63, 3.8) is 0 Å². The molecule has 0 aliphatic carbocycles. The molecule has 2 heterocycles. The number of carbonyl (C=O) groups is 1. The molecule has 0 fully saturated rings. The van der Waals surface area contributed by atoms with Gasteiger partial charge in [0.05, 0.1) is 16.3 Å². The molecule has 32 heavy (non-hydrogen) atoms. The summed E-state index contributed by atoms with van der Waals surface area (Å²) in [5.74, 6) is 0.132. The van der Waals surface area contributed by atoms with E-state index in [9.17, 15) is 14.9 Å². The summed E-state index contributed by atoms with van der Waals surface area (Å²) in [6, 6.07) is 16.7. The molecule has 0 saturated heterocycles. The van der Waals surface area contributed by atoms with Crippen LogP contribution >= 0.6 is 0 Å². The van der Waals surface area contributed by atoms with Gasteiger partial charge in [-0.2, -0.15) is 0 Å². The number of nitrogens with one attached hydrogen (secondary N) is 1. The van der Waals surface area contributed by atoms with Crippen molar-refractivity contribution in [3.8, 4) is 11.4 Å². The highest BCUT2D eigenvalue weighted by Gasteiger charge is 2.19. The third-order valence-electron chi connectivity index (χ3n) is 4.61. The Hall–Kier alpha value is -4.60. The Bertz CT molecular complexity index is 1270. The molecular formula is C22H18N6O4. The molecule has 10 nitrogen and oxygen atoms in total. The molecule has 2 aromatic heterocycles. The van der Waals surface area contributed by atoms with Crippen LogP contribution in [0.15, 0.2) is 73.1 Å². The Labute approximate surface area is 182 Å². The number of hydrogen-bond acceptors (Lipinski definition) is 7. The Balaban J connectivity index is 1.48. The average Bonchev–Trinajstić information content (AvgIpc) is 3.20. The van der Waals surface area contributed by atoms with Gasteiger partial charge >= 0.3 is 0 Å². The number of benzene rings is 2. The largest absolute Gasteiger partial charge is 0.489 e. The number of rotatable bonds is 7. The molecule has 160 valence electrons. The SMILES string of the molecule is Cc1c(C(=O)Nc2cccc(OCc3cccnc3)c2)nnn1-c1cccc([N+](=O)[O-])c1. The second-order valence-corrected chi connectivity index (χ2v) is 6.84. The second-order valence-electron chi connectivity index (χ2n) is 6.84. The van der Waals surface area contributed by atoms with E-state index >= 15 is 0 Å². The molecule has 0 spiro atoms. The minimum atomic E-state index is -0.493. The number of pyridine rings is 1. The molecule has 0 bridgehead atoms. The van der Waals surface area contributed by atoms with Crippen molar-refractivity contribution < 1.29 is 14.5 Å². The number of nitro benzene ring substituents is 1. The van der Waals surface area contributed by atoms with E-state index in [1.807, 2.05) is 12.1 Å². The van der Waals surface area contributed by atoms with Gasteiger partial charge in [-0.3, -0.25) is 19.9 Å². The monoisotopic (exact) mass is 430 g/mol. The first-order valence-electron chi connectivity index (χ1n) is 9.61. The van der Waals surface area contributed by atoms with E-state index in [0.29, 0.717) is 29.4 Å². The molecule has 0 saturated carbocycles. The van der Waals surface area contributed by atoms with E-state index in [1.165, 1.54) is 16.8 Å². The standard InChI is InChI=1S/C22H18N6O4/c1-15-21(25-26-27(15)18-7-3-8-19(12-18)28(30)31)22(29)24-17-6-2-9-20(11-17)32-14-16-5-4-10-23-13-16/h2-13H,14H2,1H3,(H,24,29). The lowest BCUT2D eigenvalue weighted by atomic mass is 10.2. The van der Waals surface area contributed by atoms with Gasteiger partial charge in [-0.15, -0.1) is 5.10 Å². The molecular weight excluding hydrogens is 412 g/mol. The summed E-state index contributed by atoms with van der Waals surface area (Å²) in [5.41, 5.74) is 2.38. The zero-order chi connectivity index (χ0) is 22.5. The summed E-state index contributed by atoms with van der Waals surface area (Å²) in [6.07, 6.45) is 3.41. The summed E-state index contributed by atoms with van der Waals surface area (Å²) in [7, 11) is 0. The predicted octanol–water partition coefficient (Wildman–Crippen LogP) is 3.71. The highest BCUT2D eigenvalue weighted by Crippen LogP contribution is 2.21. The predicted molar refractivity (Wildman–Crippen MR) is 116 cm³/mol. The van der Waals surface area contributed by atoms with Gasteiger partial charge in [0.25, 0.3) is 11.6 Å². The van der Waals surface area contributed by atoms with Crippen LogP contribution < -0.4 is 10.1 Å². The Morgan fingerprint density at radius 1 is 1.16 bits per heavy atom. The van der Waals surface area contributed by atoms with E-state index in [1.54, 1.807) is 55.7 Å². The van der Waals surface area contributed by atoms with E-state index in [2.05, 4.69) is 20.6 Å². The maximum atomic E-state index is 12.8. The summed E-state index contributed by atoms with van der Waals surface area (Å²) < 4.78 is 7.14. The first-order chi connectivity index (χ1) is 15.5. The summed E-state index contributed by atoms with van der Waals surface area (Å²) >= 11 is 0. The summed E-state index contributed by atoms with van der Waals surface area (Å²) in [6.45, 7) is 2.02. The van der Waals surface area contributed by atoms with Crippen LogP contribution in [0.3, 0.4) is 0 Å². The van der Waals surface area contributed by atoms with Crippen LogP contribution in [0.4, 0.5) is 11.4 Å². The number of nitrogens with zero attached hydrogens (tertiary/aromatic N) is 5. The topological polar surface area (TPSA) is 125 Å². The molecule has 0 aliphatic rings. The fraction of sp³-hybridized carbons (Fsp3) is 0.0909. The molecule has 0 aliphatic heterocycles. The number of carbonyl (C=O) groups excluding carboxylic acids is 1. The van der Waals surface area contributed by atoms with Crippen molar-refractivity contribution in [2.24, 2.45) is 0 Å². The second kappa shape index (κ2) is 9.04. The Morgan fingerprint density at radius 3 is 2.78 bits per heavy atom. The van der Waals surface area contributed by atoms with Crippen LogP contribution in [0, 0.1) is 17.0 Å². The van der Waals surface area contributed by atoms with Crippen molar-refractivity contribution in [1.29, 1.82) is 0 Å². The van der Waals surface area contributed by atoms with Crippen LogP contribution in [-0.4, -0.2) is 30.8 Å². The minimum absolute atomic E-state index is 0.0773. The lowest BCUT2D eigenvalue weighted by Gasteiger charge is -2.09. The maximum absolute atomic E-state index is 12.8. The number of anilines is 1. The van der Waals surface area contributed by atoms with Crippen molar-refractivity contribution in [3.05, 3.63) is 100 Å². The number of nitro groups is 1. The van der Waals surface area contributed by atoms with Crippen molar-refractivity contribution in [2.75, 3.05) is 5.32 Å². The molecule has 10 heteroatoms. The molecule has 0 atom stereocenters. The minimum Gasteiger partial charge on any atom is -0.489 e. The van der Waals surface area contributed by atoms with Gasteiger partial charge in [-0.1, -0.05) is 23.4 Å². The van der Waals surface area contributed by atoms with Gasteiger partial charge < -0.3 is 10.1 Å². The van der Waals surface area contributed by atoms with E-state index < -0.39 is 10.8 Å². The molecule has 0 radical (unpaired) electrons. The maximum Gasteiger partial charge on any atom is 0.278 e. The zero-order valence-electron chi connectivity index (χ0n) is 17.0. The van der Waals surface area contributed by atoms with E-state index in [-0.39, 0.29) is 11.4 Å². The van der Waals surface area contributed by atoms with Gasteiger partial charge in [0.15, 0.2) is 5.69 Å². The molecule has 1 N–H and O–H groups in total. The van der Waals surface area contributed by atoms with Gasteiger partial charge in [-0.25, -0.2) is 4.68 Å². The average molecular weight is 430 g/mol. The molecule has 1 amide bonds. The van der Waals surface area contributed by atoms with Crippen LogP contribution in [0.5, 0.6) is 5.75 Å². The summed E-state index contributed by atoms with van der Waals surface area (Å²) in [4.78, 5) is 27.3. The van der Waals surface area contributed by atoms with Crippen LogP contribution in [0.25, 0.3) is 5.69 Å². The Morgan fingerprint density at radius 2 is 2.00 bits per heavy atom. The van der Waals surface area contributed by atoms with Gasteiger partial charge in [-0.05, 0) is 31.2 Å². The van der Waals surface area contributed by atoms with Crippen molar-refractivity contribution in [1.82, 2.24) is 20.0 Å². The number of aromatic nitrogens is 4. The quantitative estimate of drug-likeness (QED) is 0.350. The fourth-order valence-electron chi connectivity index (χ4n) is 3.03. The third kappa shape index (κ3) is 4.59. The number of amides is 1. The van der Waals surface area contributed by atoms with Gasteiger partial charge in [0.1, 0.15) is 12.4 Å². The lowest BCUT2D eigenvalue weighted by molar-refractivity contribution is -0.384. The lowest BCUT2D eigenvalue weighted by Crippen LogP contribution is -2.14. The summed E-state index contributed by atoms with van der Waals surface area (Å²) in [5, 5.41) is 21.7. The third-order valence-corrected chi connectivity index (χ3v) is 4.61. The number of hydrogen-bond donors (Lipinski definition) is 1. The Kier molecular flexibility index (Phi) is 5.84. The van der Waals surface area contributed by atoms with Crippen LogP contribution in [0.1, 0.15) is 21.7 Å². The van der Waals surface area contributed by atoms with Gasteiger partial charge in [0, 0.05) is 41.8 Å². The zero-order valence-corrected chi connectivity index (χ0v) is 17.0. The van der Waals surface area contributed by atoms with Crippen LogP contribution in [-0.2, 0) is 6.61 Å². The smallest absolute Gasteiger partial charge is 0.278 e. The van der Waals surface area contributed by atoms with Gasteiger partial charge in [0.2, 0.25) is 0 Å². The van der Waals surface area contributed by atoms with Crippen LogP contribution in [0.2, 0.25) is 0 Å². The molecule has 0 unspecified atom stereocenters. The van der Waals surface area contributed by atoms with Crippen molar-refractivity contribution >= 4 is 17.3 Å². The molecule has 2 aromatic carbocycles. The van der Waals surface area contributed by atoms with Crippen molar-refractivity contribution in [2.45, 2.75) is 13.5 Å². The van der Waals surface area contributed by atoms with E-state index in [0.717, 1.165) is 5.56 Å². The molecule has 4 rings (SSSR count). The normalized spacial score (nSPS) is 10.5. The highest BCUT2D eigenvalue weighted by atomic mass is 16.6. The number of non-ortho nitro benzene ring substituents is 1. The number of ether oxygens (including phenoxy) is 1. The van der Waals surface area contributed by atoms with E-state index in [4.69, 9.17) is 4.74 Å². The highest BCUT2D eigenvalue weighted by molar-refractivity contribution is 6.03.